The number of nitrogens with one attached hydrogen (secondary N) is 1. The Morgan fingerprint density at radius 3 is 3.43 bits per heavy atom. The molecule has 0 aromatic carbocycles. The third-order valence-corrected chi connectivity index (χ3v) is 0.248. The lowest BCUT2D eigenvalue weighted by molar-refractivity contribution is 0.249. The number of carbonyl (C=O) groups excluding carboxylic acids is 1. The highest BCUT2D eigenvalue weighted by atomic mass is 16.2. The van der Waals surface area contributed by atoms with Crippen molar-refractivity contribution < 1.29 is 14.4 Å². The van der Waals surface area contributed by atoms with E-state index in [2.05, 4.69) is 5.73 Å². The number of primary amides is 1. The van der Waals surface area contributed by atoms with Crippen LogP contribution in [-0.4, -0.2) is 12.5 Å². The fourth-order valence-corrected chi connectivity index (χ4v) is 0.0928. The van der Waals surface area contributed by atoms with Crippen molar-refractivity contribution in [2.75, 3.05) is 6.50 Å². The van der Waals surface area contributed by atoms with Crippen LogP contribution in [0.1, 0.15) is 22.8 Å². The molecule has 0 aliphatic rings. The van der Waals surface area contributed by atoms with E-state index in [1.807, 2.05) is 0 Å². The van der Waals surface area contributed by atoms with E-state index in [0.717, 1.165) is 0 Å². The van der Waals surface area contributed by atoms with Gasteiger partial charge in [-0.05, 0) is 6.37 Å². The molecule has 3 N–H and O–H groups in total. The highest BCUT2D eigenvalue weighted by molar-refractivity contribution is 5.71. The van der Waals surface area contributed by atoms with Crippen molar-refractivity contribution in [3.63, 3.8) is 0 Å². The summed E-state index contributed by atoms with van der Waals surface area (Å²) in [5, 5.41) is 1.40. The normalized spacial score (nSPS) is 28.9. The van der Waals surface area contributed by atoms with Gasteiger partial charge >= 0.3 is 6.03 Å². The summed E-state index contributed by atoms with van der Waals surface area (Å²) >= 11 is 0. The minimum atomic E-state index is -3.21. The van der Waals surface area contributed by atoms with Gasteiger partial charge in [-0.2, -0.15) is 0 Å². The summed E-state index contributed by atoms with van der Waals surface area (Å²) < 4.78 is 48.4. The van der Waals surface area contributed by atoms with Crippen LogP contribution in [0.3, 0.4) is 0 Å². The van der Waals surface area contributed by atoms with Crippen molar-refractivity contribution >= 4 is 6.03 Å². The Morgan fingerprint density at radius 1 is 2.29 bits per heavy atom. The van der Waals surface area contributed by atoms with Gasteiger partial charge < -0.3 is 11.1 Å². The molecule has 0 saturated heterocycles. The van der Waals surface area contributed by atoms with Crippen molar-refractivity contribution in [3.05, 3.63) is 0 Å². The van der Waals surface area contributed by atoms with Crippen LogP contribution in [0.5, 0.6) is 0 Å². The van der Waals surface area contributed by atoms with Crippen LogP contribution in [0, 0.1) is 0 Å². The van der Waals surface area contributed by atoms with Crippen molar-refractivity contribution in [2.24, 2.45) is 5.73 Å². The molecule has 0 rings (SSSR count). The van der Waals surface area contributed by atoms with E-state index in [-0.39, 0.29) is 0 Å². The summed E-state index contributed by atoms with van der Waals surface area (Å²) in [7, 11) is 0. The predicted molar refractivity (Wildman–Crippen MR) is 27.9 cm³/mol. The topological polar surface area (TPSA) is 55.1 Å². The molecule has 0 fully saturated rings. The predicted octanol–water partition coefficient (Wildman–Crippen LogP) is 0.0647. The van der Waals surface area contributed by atoms with Gasteiger partial charge in [0.2, 0.25) is 0 Å². The van der Waals surface area contributed by atoms with Crippen LogP contribution in [-0.2, 0) is 0 Å². The first-order valence-electron chi connectivity index (χ1n) is 4.99. The highest BCUT2D eigenvalue weighted by Gasteiger charge is 1.83. The summed E-state index contributed by atoms with van der Waals surface area (Å²) in [6, 6.07) is -1.33. The van der Waals surface area contributed by atoms with Crippen LogP contribution in [0.4, 0.5) is 4.79 Å². The zero-order chi connectivity index (χ0) is 11.8. The lowest BCUT2D eigenvalue weighted by Crippen LogP contribution is -2.29. The van der Waals surface area contributed by atoms with Gasteiger partial charge in [0, 0.05) is 16.1 Å². The molecule has 0 aromatic heterocycles. The lowest BCUT2D eigenvalue weighted by atomic mass is 10.5. The van der Waals surface area contributed by atoms with E-state index in [9.17, 15) is 4.79 Å². The van der Waals surface area contributed by atoms with Gasteiger partial charge in [0.25, 0.3) is 0 Å². The van der Waals surface area contributed by atoms with Gasteiger partial charge in [0.1, 0.15) is 0 Å². The lowest BCUT2D eigenvalue weighted by Gasteiger charge is -1.93. The van der Waals surface area contributed by atoms with E-state index >= 15 is 0 Å². The van der Waals surface area contributed by atoms with E-state index in [4.69, 9.17) is 9.60 Å². The molecular weight excluding hydrogens is 92.1 g/mol. The first kappa shape index (κ1) is 1.16. The van der Waals surface area contributed by atoms with E-state index in [0.29, 0.717) is 0 Å². The maximum absolute atomic E-state index is 10.3. The molecule has 2 amide bonds. The average molecular weight is 109 g/mol. The van der Waals surface area contributed by atoms with Crippen molar-refractivity contribution in [3.8, 4) is 0 Å². The number of rotatable bonds is 2. The molecule has 0 heterocycles. The first-order valence-corrected chi connectivity index (χ1v) is 1.49. The van der Waals surface area contributed by atoms with Crippen molar-refractivity contribution in [1.29, 1.82) is 0 Å². The number of urea groups is 1. The fraction of sp³-hybridized carbons (Fsp3) is 0.750. The second kappa shape index (κ2) is 3.46. The summed E-state index contributed by atoms with van der Waals surface area (Å²) in [5.74, 6) is 0. The van der Waals surface area contributed by atoms with Crippen LogP contribution < -0.4 is 11.1 Å². The van der Waals surface area contributed by atoms with Crippen LogP contribution in [0.2, 0.25) is 0 Å². The highest BCUT2D eigenvalue weighted by Crippen LogP contribution is 1.66. The van der Waals surface area contributed by atoms with E-state index in [1.54, 1.807) is 0 Å². The zero-order valence-electron chi connectivity index (χ0n) is 10.5. The molecular formula is C4H10N2O. The summed E-state index contributed by atoms with van der Waals surface area (Å²) in [4.78, 5) is 10.3. The monoisotopic (exact) mass is 109 g/mol. The standard InChI is InChI=1S/C4H10N2O/c1-2-3-6-4(5)7/h2-3H2,1H3,(H3,5,6,7)/i1D3,2D2,3D2. The van der Waals surface area contributed by atoms with E-state index in [1.165, 1.54) is 5.32 Å². The Balaban J connectivity index is 4.97. The first-order chi connectivity index (χ1) is 5.92. The molecule has 0 bridgehead atoms. The molecule has 0 saturated carbocycles. The molecule has 0 radical (unpaired) electrons. The van der Waals surface area contributed by atoms with Gasteiger partial charge in [-0.3, -0.25) is 0 Å². The third kappa shape index (κ3) is 5.27. The van der Waals surface area contributed by atoms with Gasteiger partial charge in [-0.1, -0.05) is 6.85 Å². The van der Waals surface area contributed by atoms with Gasteiger partial charge in [0.15, 0.2) is 0 Å². The Bertz CT molecular complexity index is 234. The van der Waals surface area contributed by atoms with Gasteiger partial charge in [0.05, 0.1) is 0 Å². The largest absolute Gasteiger partial charge is 0.352 e. The molecule has 0 aliphatic carbocycles. The third-order valence-electron chi connectivity index (χ3n) is 0.248. The number of hydrogen-bond acceptors (Lipinski definition) is 1. The maximum atomic E-state index is 10.3. The summed E-state index contributed by atoms with van der Waals surface area (Å²) in [5.41, 5.74) is 4.58. The molecule has 42 valence electrons. The molecule has 0 spiro atoms. The van der Waals surface area contributed by atoms with Gasteiger partial charge in [-0.25, -0.2) is 4.79 Å². The minimum absolute atomic E-state index is 1.33. The molecule has 3 heteroatoms. The molecule has 3 nitrogen and oxygen atoms in total. The Labute approximate surface area is 52.7 Å². The molecule has 0 aromatic rings. The number of amides is 2. The smallest absolute Gasteiger partial charge is 0.312 e. The molecule has 0 atom stereocenters. The SMILES string of the molecule is [2H]C([2H])([2H])C([2H])([2H])C([2H])([2H])NC(N)=O. The van der Waals surface area contributed by atoms with Gasteiger partial charge in [-0.15, -0.1) is 0 Å². The van der Waals surface area contributed by atoms with Crippen molar-refractivity contribution in [1.82, 2.24) is 5.32 Å². The molecule has 7 heavy (non-hydrogen) atoms. The Hall–Kier alpha value is -0.730. The minimum Gasteiger partial charge on any atom is -0.352 e. The van der Waals surface area contributed by atoms with E-state index < -0.39 is 25.8 Å². The number of hydrogen-bond donors (Lipinski definition) is 2. The summed E-state index contributed by atoms with van der Waals surface area (Å²) in [6.07, 6.45) is -3.21. The van der Waals surface area contributed by atoms with Crippen molar-refractivity contribution in [2.45, 2.75) is 13.2 Å². The number of nitrogens with two attached hydrogens (primary N) is 1. The zero-order valence-corrected chi connectivity index (χ0v) is 3.49. The second-order valence-corrected chi connectivity index (χ2v) is 0.739. The average Bonchev–Trinajstić information content (AvgIpc) is 1.80. The van der Waals surface area contributed by atoms with Crippen LogP contribution >= 0.6 is 0 Å². The maximum Gasteiger partial charge on any atom is 0.312 e. The molecule has 0 unspecified atom stereocenters. The fourth-order valence-electron chi connectivity index (χ4n) is 0.0928. The van der Waals surface area contributed by atoms with Crippen LogP contribution in [0.25, 0.3) is 0 Å². The Morgan fingerprint density at radius 2 is 3.00 bits per heavy atom. The van der Waals surface area contributed by atoms with Crippen LogP contribution in [0.15, 0.2) is 0 Å². The summed E-state index contributed by atoms with van der Waals surface area (Å²) in [6.45, 7) is -6.25. The molecule has 0 aliphatic heterocycles. The Kier molecular flexibility index (Phi) is 0.572. The number of carbonyl (C=O) groups is 1. The quantitative estimate of drug-likeness (QED) is 0.517. The second-order valence-electron chi connectivity index (χ2n) is 0.739.